The number of aromatic nitrogens is 1. The quantitative estimate of drug-likeness (QED) is 0.841. The third kappa shape index (κ3) is 4.28. The number of likely N-dealkylation sites (tertiary alicyclic amines) is 1. The Bertz CT molecular complexity index is 809. The fraction of sp³-hybridized carbons (Fsp3) is 0.429. The number of ether oxygens (including phenoxy) is 1. The van der Waals surface area contributed by atoms with E-state index in [9.17, 15) is 9.90 Å². The maximum atomic E-state index is 12.9. The van der Waals surface area contributed by atoms with Crippen molar-refractivity contribution in [1.29, 1.82) is 0 Å². The summed E-state index contributed by atoms with van der Waals surface area (Å²) in [6.07, 6.45) is 0.942. The van der Waals surface area contributed by atoms with Gasteiger partial charge in [-0.05, 0) is 48.9 Å². The zero-order valence-corrected chi connectivity index (χ0v) is 15.9. The second kappa shape index (κ2) is 8.50. The summed E-state index contributed by atoms with van der Waals surface area (Å²) in [5.74, 6) is 0.285. The van der Waals surface area contributed by atoms with Gasteiger partial charge in [-0.15, -0.1) is 0 Å². The Kier molecular flexibility index (Phi) is 6.08. The molecule has 2 aromatic rings. The number of β-amino-alcohol motifs (C(OH)–C–C–N with tert-alkyl or cyclic N) is 1. The summed E-state index contributed by atoms with van der Waals surface area (Å²) < 4.78 is 5.26. The molecule has 3 rings (SSSR count). The Morgan fingerprint density at radius 3 is 2.70 bits per heavy atom. The lowest BCUT2D eigenvalue weighted by molar-refractivity contribution is 0.0195. The zero-order chi connectivity index (χ0) is 19.4. The van der Waals surface area contributed by atoms with Crippen molar-refractivity contribution in [2.75, 3.05) is 20.2 Å². The molecule has 0 bridgehead atoms. The van der Waals surface area contributed by atoms with E-state index in [4.69, 9.17) is 10.5 Å². The van der Waals surface area contributed by atoms with E-state index >= 15 is 0 Å². The number of amides is 1. The van der Waals surface area contributed by atoms with Gasteiger partial charge in [0.25, 0.3) is 5.91 Å². The maximum absolute atomic E-state index is 12.9. The molecule has 1 aromatic heterocycles. The molecule has 1 fully saturated rings. The van der Waals surface area contributed by atoms with Crippen LogP contribution in [0.1, 0.15) is 33.6 Å². The van der Waals surface area contributed by atoms with Gasteiger partial charge in [-0.2, -0.15) is 0 Å². The van der Waals surface area contributed by atoms with E-state index in [0.29, 0.717) is 31.1 Å². The Balaban J connectivity index is 1.69. The summed E-state index contributed by atoms with van der Waals surface area (Å²) in [4.78, 5) is 18.8. The highest BCUT2D eigenvalue weighted by Gasteiger charge is 2.32. The fourth-order valence-corrected chi connectivity index (χ4v) is 3.66. The monoisotopic (exact) mass is 369 g/mol. The van der Waals surface area contributed by atoms with Crippen LogP contribution in [0, 0.1) is 12.8 Å². The number of carbonyl (C=O) groups excluding carboxylic acids is 1. The largest absolute Gasteiger partial charge is 0.480 e. The van der Waals surface area contributed by atoms with E-state index in [1.165, 1.54) is 12.7 Å². The van der Waals surface area contributed by atoms with Gasteiger partial charge in [0, 0.05) is 25.3 Å². The molecule has 2 heterocycles. The minimum absolute atomic E-state index is 0.111. The van der Waals surface area contributed by atoms with Crippen LogP contribution in [0.3, 0.4) is 0 Å². The number of benzene rings is 1. The van der Waals surface area contributed by atoms with Crippen molar-refractivity contribution in [3.05, 3.63) is 58.8 Å². The lowest BCUT2D eigenvalue weighted by atomic mass is 9.86. The number of piperidine rings is 1. The van der Waals surface area contributed by atoms with Crippen LogP contribution < -0.4 is 10.5 Å². The van der Waals surface area contributed by atoms with Crippen molar-refractivity contribution < 1.29 is 14.6 Å². The van der Waals surface area contributed by atoms with Crippen molar-refractivity contribution in [2.45, 2.75) is 32.4 Å². The van der Waals surface area contributed by atoms with E-state index in [0.717, 1.165) is 24.1 Å². The predicted octanol–water partition coefficient (Wildman–Crippen LogP) is 1.92. The molecule has 1 amide bonds. The molecule has 1 aliphatic heterocycles. The Hall–Kier alpha value is -2.44. The van der Waals surface area contributed by atoms with Crippen molar-refractivity contribution in [1.82, 2.24) is 9.88 Å². The molecule has 2 atom stereocenters. The molecule has 1 aliphatic rings. The molecule has 3 N–H and O–H groups in total. The first-order valence-electron chi connectivity index (χ1n) is 9.29. The molecule has 0 spiro atoms. The van der Waals surface area contributed by atoms with Gasteiger partial charge in [-0.25, -0.2) is 4.98 Å². The highest BCUT2D eigenvalue weighted by atomic mass is 16.5. The molecule has 1 saturated heterocycles. The van der Waals surface area contributed by atoms with E-state index in [-0.39, 0.29) is 11.8 Å². The summed E-state index contributed by atoms with van der Waals surface area (Å²) in [5.41, 5.74) is 9.33. The number of methoxy groups -OCH3 is 1. The molecule has 0 radical (unpaired) electrons. The van der Waals surface area contributed by atoms with Crippen molar-refractivity contribution >= 4 is 5.91 Å². The van der Waals surface area contributed by atoms with Crippen LogP contribution >= 0.6 is 0 Å². The fourth-order valence-electron chi connectivity index (χ4n) is 3.66. The Morgan fingerprint density at radius 1 is 1.30 bits per heavy atom. The molecule has 27 heavy (non-hydrogen) atoms. The van der Waals surface area contributed by atoms with Crippen molar-refractivity contribution in [3.8, 4) is 5.88 Å². The predicted molar refractivity (Wildman–Crippen MR) is 104 cm³/mol. The summed E-state index contributed by atoms with van der Waals surface area (Å²) in [5, 5.41) is 10.7. The van der Waals surface area contributed by atoms with Crippen LogP contribution in [0.15, 0.2) is 36.4 Å². The van der Waals surface area contributed by atoms with Crippen molar-refractivity contribution in [2.24, 2.45) is 11.7 Å². The molecular weight excluding hydrogens is 342 g/mol. The SMILES string of the molecule is COc1nc(C)ccc1C(=O)N1CCC(Cc2ccccc2CN)[C@H](O)C1. The minimum Gasteiger partial charge on any atom is -0.480 e. The first-order valence-corrected chi connectivity index (χ1v) is 9.29. The third-order valence-electron chi connectivity index (χ3n) is 5.25. The smallest absolute Gasteiger partial charge is 0.259 e. The van der Waals surface area contributed by atoms with Gasteiger partial charge in [-0.1, -0.05) is 24.3 Å². The number of pyridine rings is 1. The second-order valence-corrected chi connectivity index (χ2v) is 7.05. The molecular formula is C21H27N3O3. The van der Waals surface area contributed by atoms with Gasteiger partial charge in [-0.3, -0.25) is 4.79 Å². The first kappa shape index (κ1) is 19.3. The number of carbonyl (C=O) groups is 1. The number of aliphatic hydroxyl groups excluding tert-OH is 1. The van der Waals surface area contributed by atoms with Crippen molar-refractivity contribution in [3.63, 3.8) is 0 Å². The topological polar surface area (TPSA) is 88.7 Å². The van der Waals surface area contributed by atoms with Gasteiger partial charge >= 0.3 is 0 Å². The molecule has 0 aliphatic carbocycles. The summed E-state index contributed by atoms with van der Waals surface area (Å²) in [7, 11) is 1.51. The average Bonchev–Trinajstić information content (AvgIpc) is 2.69. The number of nitrogens with two attached hydrogens (primary N) is 1. The standard InChI is InChI=1S/C21H27N3O3/c1-14-7-8-18(20(23-14)27-2)21(26)24-10-9-16(19(25)13-24)11-15-5-3-4-6-17(15)12-22/h3-8,16,19,25H,9-13,22H2,1-2H3/t16?,19-/m1/s1. The molecule has 6 heteroatoms. The van der Waals surface area contributed by atoms with Crippen LogP contribution in [0.5, 0.6) is 5.88 Å². The number of aryl methyl sites for hydroxylation is 1. The molecule has 1 unspecified atom stereocenters. The van der Waals surface area contributed by atoms with E-state index in [1.807, 2.05) is 25.1 Å². The van der Waals surface area contributed by atoms with Gasteiger partial charge in [0.1, 0.15) is 5.56 Å². The molecule has 6 nitrogen and oxygen atoms in total. The Morgan fingerprint density at radius 2 is 2.04 bits per heavy atom. The number of hydrogen-bond acceptors (Lipinski definition) is 5. The van der Waals surface area contributed by atoms with E-state index in [1.54, 1.807) is 17.0 Å². The highest BCUT2D eigenvalue weighted by Crippen LogP contribution is 2.26. The minimum atomic E-state index is -0.571. The highest BCUT2D eigenvalue weighted by molar-refractivity contribution is 5.96. The number of aliphatic hydroxyl groups is 1. The van der Waals surface area contributed by atoms with E-state index < -0.39 is 6.10 Å². The van der Waals surface area contributed by atoms with E-state index in [2.05, 4.69) is 11.1 Å². The molecule has 0 saturated carbocycles. The molecule has 1 aromatic carbocycles. The summed E-state index contributed by atoms with van der Waals surface area (Å²) in [6.45, 7) is 3.25. The Labute approximate surface area is 160 Å². The van der Waals surface area contributed by atoms with Gasteiger partial charge in [0.05, 0.1) is 13.2 Å². The maximum Gasteiger partial charge on any atom is 0.259 e. The third-order valence-corrected chi connectivity index (χ3v) is 5.25. The van der Waals surface area contributed by atoms with Crippen LogP contribution in [-0.2, 0) is 13.0 Å². The number of hydrogen-bond donors (Lipinski definition) is 2. The normalized spacial score (nSPS) is 19.8. The molecule has 144 valence electrons. The van der Waals surface area contributed by atoms with Crippen LogP contribution in [0.4, 0.5) is 0 Å². The van der Waals surface area contributed by atoms with Gasteiger partial charge < -0.3 is 20.5 Å². The van der Waals surface area contributed by atoms with Crippen LogP contribution in [0.25, 0.3) is 0 Å². The zero-order valence-electron chi connectivity index (χ0n) is 15.9. The lowest BCUT2D eigenvalue weighted by Crippen LogP contribution is -2.47. The van der Waals surface area contributed by atoms with Crippen LogP contribution in [-0.4, -0.2) is 47.2 Å². The van der Waals surface area contributed by atoms with Gasteiger partial charge in [0.15, 0.2) is 0 Å². The van der Waals surface area contributed by atoms with Gasteiger partial charge in [0.2, 0.25) is 5.88 Å². The second-order valence-electron chi connectivity index (χ2n) is 7.05. The average molecular weight is 369 g/mol. The first-order chi connectivity index (χ1) is 13.0. The summed E-state index contributed by atoms with van der Waals surface area (Å²) >= 11 is 0. The van der Waals surface area contributed by atoms with Crippen LogP contribution in [0.2, 0.25) is 0 Å². The summed E-state index contributed by atoms with van der Waals surface area (Å²) in [6, 6.07) is 11.6. The number of nitrogens with zero attached hydrogens (tertiary/aromatic N) is 2. The lowest BCUT2D eigenvalue weighted by Gasteiger charge is -2.36. The number of rotatable bonds is 5.